The molecule has 0 saturated carbocycles. The van der Waals surface area contributed by atoms with Crippen molar-refractivity contribution < 1.29 is 19.1 Å². The van der Waals surface area contributed by atoms with Gasteiger partial charge in [-0.05, 0) is 13.8 Å². The van der Waals surface area contributed by atoms with Gasteiger partial charge in [0.1, 0.15) is 6.26 Å². The summed E-state index contributed by atoms with van der Waals surface area (Å²) in [7, 11) is 0. The van der Waals surface area contributed by atoms with Gasteiger partial charge in [-0.2, -0.15) is 0 Å². The van der Waals surface area contributed by atoms with Crippen LogP contribution in [0.25, 0.3) is 0 Å². The van der Waals surface area contributed by atoms with Crippen LogP contribution >= 0.6 is 11.3 Å². The van der Waals surface area contributed by atoms with Crippen molar-refractivity contribution in [3.05, 3.63) is 34.2 Å². The number of carbonyl (C=O) groups excluding carboxylic acids is 1. The number of aromatic nitrogens is 1. The Bertz CT molecular complexity index is 595. The minimum atomic E-state index is -1.14. The number of anilines is 1. The van der Waals surface area contributed by atoms with Crippen LogP contribution in [0.3, 0.4) is 0 Å². The van der Waals surface area contributed by atoms with Crippen molar-refractivity contribution in [3.63, 3.8) is 0 Å². The number of carboxylic acids is 1. The van der Waals surface area contributed by atoms with Gasteiger partial charge in [-0.1, -0.05) is 0 Å². The molecule has 2 heterocycles. The van der Waals surface area contributed by atoms with Gasteiger partial charge in [-0.15, -0.1) is 11.3 Å². The van der Waals surface area contributed by atoms with E-state index < -0.39 is 11.9 Å². The molecule has 0 atom stereocenters. The number of nitrogens with one attached hydrogen (secondary N) is 1. The summed E-state index contributed by atoms with van der Waals surface area (Å²) in [6, 6.07) is 1.17. The summed E-state index contributed by atoms with van der Waals surface area (Å²) in [5.74, 6) is -1.71. The van der Waals surface area contributed by atoms with Crippen molar-refractivity contribution in [2.45, 2.75) is 13.8 Å². The molecule has 0 spiro atoms. The lowest BCUT2D eigenvalue weighted by Crippen LogP contribution is -2.10. The van der Waals surface area contributed by atoms with E-state index in [-0.39, 0.29) is 11.3 Å². The molecule has 0 unspecified atom stereocenters. The maximum Gasteiger partial charge on any atom is 0.338 e. The van der Waals surface area contributed by atoms with Gasteiger partial charge in [0.2, 0.25) is 0 Å². The zero-order valence-corrected chi connectivity index (χ0v) is 10.5. The number of furan rings is 1. The normalized spacial score (nSPS) is 10.3. The first-order valence-electron chi connectivity index (χ1n) is 5.04. The summed E-state index contributed by atoms with van der Waals surface area (Å²) < 4.78 is 4.88. The van der Waals surface area contributed by atoms with Crippen molar-refractivity contribution in [2.75, 3.05) is 5.32 Å². The number of hydrogen-bond acceptors (Lipinski definition) is 5. The molecule has 7 heteroatoms. The maximum absolute atomic E-state index is 11.7. The van der Waals surface area contributed by atoms with E-state index in [0.29, 0.717) is 5.13 Å². The van der Waals surface area contributed by atoms with Gasteiger partial charge in [0.25, 0.3) is 5.91 Å². The minimum absolute atomic E-state index is 0.0575. The molecule has 0 aliphatic rings. The van der Waals surface area contributed by atoms with Crippen molar-refractivity contribution in [2.24, 2.45) is 0 Å². The van der Waals surface area contributed by atoms with Crippen molar-refractivity contribution in [3.8, 4) is 0 Å². The van der Waals surface area contributed by atoms with E-state index in [4.69, 9.17) is 9.52 Å². The summed E-state index contributed by atoms with van der Waals surface area (Å²) in [5, 5.41) is 11.7. The molecule has 18 heavy (non-hydrogen) atoms. The van der Waals surface area contributed by atoms with E-state index in [1.54, 1.807) is 0 Å². The number of carbonyl (C=O) groups is 2. The summed E-state index contributed by atoms with van der Waals surface area (Å²) >= 11 is 1.35. The molecule has 2 aromatic rings. The van der Waals surface area contributed by atoms with Crippen LogP contribution in [0.4, 0.5) is 5.13 Å². The fourth-order valence-corrected chi connectivity index (χ4v) is 2.06. The predicted octanol–water partition coefficient (Wildman–Crippen LogP) is 2.30. The SMILES string of the molecule is Cc1nc(NC(=O)c2cc(C(=O)O)co2)sc1C. The lowest BCUT2D eigenvalue weighted by atomic mass is 10.3. The lowest BCUT2D eigenvalue weighted by molar-refractivity contribution is 0.0696. The lowest BCUT2D eigenvalue weighted by Gasteiger charge is -1.96. The van der Waals surface area contributed by atoms with E-state index in [0.717, 1.165) is 16.8 Å². The molecule has 0 aromatic carbocycles. The number of thiazole rings is 1. The smallest absolute Gasteiger partial charge is 0.338 e. The van der Waals surface area contributed by atoms with Crippen LogP contribution in [0.2, 0.25) is 0 Å². The maximum atomic E-state index is 11.7. The van der Waals surface area contributed by atoms with Gasteiger partial charge in [-0.25, -0.2) is 9.78 Å². The average Bonchev–Trinajstić information content (AvgIpc) is 2.87. The van der Waals surface area contributed by atoms with E-state index >= 15 is 0 Å². The van der Waals surface area contributed by atoms with Crippen LogP contribution in [0.5, 0.6) is 0 Å². The number of rotatable bonds is 3. The molecule has 0 aliphatic heterocycles. The molecule has 0 bridgehead atoms. The van der Waals surface area contributed by atoms with Crippen molar-refractivity contribution in [1.29, 1.82) is 0 Å². The third kappa shape index (κ3) is 2.40. The monoisotopic (exact) mass is 266 g/mol. The second-order valence-electron chi connectivity index (χ2n) is 3.62. The summed E-state index contributed by atoms with van der Waals surface area (Å²) in [6.07, 6.45) is 1.02. The average molecular weight is 266 g/mol. The minimum Gasteiger partial charge on any atom is -0.478 e. The quantitative estimate of drug-likeness (QED) is 0.889. The van der Waals surface area contributed by atoms with Crippen molar-refractivity contribution in [1.82, 2.24) is 4.98 Å². The van der Waals surface area contributed by atoms with Crippen LogP contribution in [0.1, 0.15) is 31.5 Å². The van der Waals surface area contributed by atoms with E-state index in [1.165, 1.54) is 17.4 Å². The van der Waals surface area contributed by atoms with Gasteiger partial charge in [0.15, 0.2) is 10.9 Å². The third-order valence-corrected chi connectivity index (χ3v) is 3.31. The predicted molar refractivity (Wildman–Crippen MR) is 65.2 cm³/mol. The molecular formula is C11H10N2O4S. The van der Waals surface area contributed by atoms with E-state index in [1.807, 2.05) is 13.8 Å². The van der Waals surface area contributed by atoms with Crippen molar-refractivity contribution >= 4 is 28.3 Å². The number of aryl methyl sites for hydroxylation is 2. The first-order valence-corrected chi connectivity index (χ1v) is 5.86. The Morgan fingerprint density at radius 3 is 2.67 bits per heavy atom. The highest BCUT2D eigenvalue weighted by atomic mass is 32.1. The molecule has 2 rings (SSSR count). The Morgan fingerprint density at radius 2 is 2.17 bits per heavy atom. The van der Waals surface area contributed by atoms with Crippen LogP contribution in [-0.4, -0.2) is 22.0 Å². The fraction of sp³-hybridized carbons (Fsp3) is 0.182. The van der Waals surface area contributed by atoms with Crippen LogP contribution in [-0.2, 0) is 0 Å². The summed E-state index contributed by atoms with van der Waals surface area (Å²) in [5.41, 5.74) is 0.785. The highest BCUT2D eigenvalue weighted by Crippen LogP contribution is 2.22. The number of carboxylic acid groups (broad SMARTS) is 1. The zero-order valence-electron chi connectivity index (χ0n) is 9.68. The first kappa shape index (κ1) is 12.3. The van der Waals surface area contributed by atoms with Crippen LogP contribution < -0.4 is 5.32 Å². The Kier molecular flexibility index (Phi) is 3.15. The zero-order chi connectivity index (χ0) is 13.3. The highest BCUT2D eigenvalue weighted by Gasteiger charge is 2.16. The Labute approximate surface area is 106 Å². The first-order chi connectivity index (χ1) is 8.47. The number of nitrogens with zero attached hydrogens (tertiary/aromatic N) is 1. The summed E-state index contributed by atoms with van der Waals surface area (Å²) in [6.45, 7) is 3.75. The van der Waals surface area contributed by atoms with Gasteiger partial charge in [0, 0.05) is 10.9 Å². The molecule has 0 fully saturated rings. The molecular weight excluding hydrogens is 256 g/mol. The second-order valence-corrected chi connectivity index (χ2v) is 4.82. The van der Waals surface area contributed by atoms with E-state index in [9.17, 15) is 9.59 Å². The van der Waals surface area contributed by atoms with Crippen LogP contribution in [0, 0.1) is 13.8 Å². The molecule has 0 radical (unpaired) electrons. The van der Waals surface area contributed by atoms with Gasteiger partial charge < -0.3 is 9.52 Å². The number of amides is 1. The Balaban J connectivity index is 2.14. The molecule has 0 saturated heterocycles. The second kappa shape index (κ2) is 4.61. The highest BCUT2D eigenvalue weighted by molar-refractivity contribution is 7.15. The standard InChI is InChI=1S/C11H10N2O4S/c1-5-6(2)18-11(12-5)13-9(14)8-3-7(4-17-8)10(15)16/h3-4H,1-2H3,(H,15,16)(H,12,13,14). The largest absolute Gasteiger partial charge is 0.478 e. The van der Waals surface area contributed by atoms with E-state index in [2.05, 4.69) is 10.3 Å². The molecule has 0 aliphatic carbocycles. The topological polar surface area (TPSA) is 92.4 Å². The van der Waals surface area contributed by atoms with Gasteiger partial charge in [0.05, 0.1) is 11.3 Å². The molecule has 2 aromatic heterocycles. The molecule has 94 valence electrons. The third-order valence-electron chi connectivity index (χ3n) is 2.32. The Hall–Kier alpha value is -2.15. The fourth-order valence-electron chi connectivity index (χ4n) is 1.25. The van der Waals surface area contributed by atoms with Gasteiger partial charge in [-0.3, -0.25) is 10.1 Å². The summed E-state index contributed by atoms with van der Waals surface area (Å²) in [4.78, 5) is 27.5. The molecule has 1 amide bonds. The number of aromatic carboxylic acids is 1. The Morgan fingerprint density at radius 1 is 1.44 bits per heavy atom. The van der Waals surface area contributed by atoms with Gasteiger partial charge >= 0.3 is 5.97 Å². The number of hydrogen-bond donors (Lipinski definition) is 2. The molecule has 2 N–H and O–H groups in total. The molecule has 6 nitrogen and oxygen atoms in total. The van der Waals surface area contributed by atoms with Crippen LogP contribution in [0.15, 0.2) is 16.7 Å².